The Labute approximate surface area is 247 Å². The van der Waals surface area contributed by atoms with Crippen LogP contribution in [0.5, 0.6) is 0 Å². The maximum atomic E-state index is 14.3. The minimum absolute atomic E-state index is 0.114. The molecule has 224 valence electrons. The SMILES string of the molecule is CCCCCN(CCCCC)C(=O)[C@@H](Cc1c[nH]c2ccccc12)NC(=O)C1C2CCCC3C4CCCCC4C1C32. The molecular formula is C36H53N3O2. The summed E-state index contributed by atoms with van der Waals surface area (Å²) in [6.07, 6.45) is 18.5. The van der Waals surface area contributed by atoms with Crippen molar-refractivity contribution < 1.29 is 9.59 Å². The van der Waals surface area contributed by atoms with E-state index in [9.17, 15) is 9.59 Å². The molecule has 4 aliphatic carbocycles. The summed E-state index contributed by atoms with van der Waals surface area (Å²) in [4.78, 5) is 34.1. The Balaban J connectivity index is 1.24. The Morgan fingerprint density at radius 2 is 1.51 bits per heavy atom. The highest BCUT2D eigenvalue weighted by Crippen LogP contribution is 2.69. The largest absolute Gasteiger partial charge is 0.361 e. The zero-order valence-electron chi connectivity index (χ0n) is 25.6. The third-order valence-electron chi connectivity index (χ3n) is 11.7. The molecule has 8 atom stereocenters. The van der Waals surface area contributed by atoms with Gasteiger partial charge in [-0.15, -0.1) is 0 Å². The molecule has 5 heteroatoms. The van der Waals surface area contributed by atoms with Gasteiger partial charge in [-0.3, -0.25) is 9.59 Å². The first-order valence-corrected chi connectivity index (χ1v) is 17.3. The highest BCUT2D eigenvalue weighted by atomic mass is 16.2. The van der Waals surface area contributed by atoms with E-state index in [1.807, 2.05) is 12.3 Å². The Kier molecular flexibility index (Phi) is 9.07. The number of rotatable bonds is 13. The average molecular weight is 560 g/mol. The summed E-state index contributed by atoms with van der Waals surface area (Å²) >= 11 is 0. The van der Waals surface area contributed by atoms with Crippen molar-refractivity contribution in [3.8, 4) is 0 Å². The van der Waals surface area contributed by atoms with Gasteiger partial charge in [0.1, 0.15) is 6.04 Å². The van der Waals surface area contributed by atoms with Crippen molar-refractivity contribution >= 4 is 22.7 Å². The smallest absolute Gasteiger partial charge is 0.245 e. The number of H-pyrrole nitrogens is 1. The van der Waals surface area contributed by atoms with Gasteiger partial charge in [-0.25, -0.2) is 0 Å². The van der Waals surface area contributed by atoms with Crippen molar-refractivity contribution in [3.05, 3.63) is 36.0 Å². The summed E-state index contributed by atoms with van der Waals surface area (Å²) in [6, 6.07) is 7.81. The monoisotopic (exact) mass is 559 g/mol. The maximum Gasteiger partial charge on any atom is 0.245 e. The fourth-order valence-electron chi connectivity index (χ4n) is 9.93. The fraction of sp³-hybridized carbons (Fsp3) is 0.722. The standard InChI is InChI=1S/C36H53N3O2/c1-3-5-11-20-39(21-12-6-4-2)36(41)31(22-24-23-37-30-19-10-9-14-25(24)30)38-35(40)34-29-18-13-17-27-26-15-7-8-16-28(26)33(34)32(27)29/h9-10,14,19,23,26-29,31-34,37H,3-8,11-13,15-18,20-22H2,1-2H3,(H,38,40)/t26?,27?,28?,29?,31-,32?,33?,34?/m1/s1. The summed E-state index contributed by atoms with van der Waals surface area (Å²) in [7, 11) is 0. The minimum Gasteiger partial charge on any atom is -0.361 e. The van der Waals surface area contributed by atoms with Crippen LogP contribution in [0.25, 0.3) is 10.9 Å². The number of nitrogens with one attached hydrogen (secondary N) is 2. The predicted octanol–water partition coefficient (Wildman–Crippen LogP) is 7.50. The zero-order chi connectivity index (χ0) is 28.3. The Morgan fingerprint density at radius 1 is 0.854 bits per heavy atom. The van der Waals surface area contributed by atoms with Crippen molar-refractivity contribution in [2.45, 2.75) is 110 Å². The summed E-state index contributed by atoms with van der Waals surface area (Å²) in [5, 5.41) is 4.61. The molecule has 2 amide bonds. The first-order valence-electron chi connectivity index (χ1n) is 17.3. The summed E-state index contributed by atoms with van der Waals surface area (Å²) < 4.78 is 0. The van der Waals surface area contributed by atoms with Crippen LogP contribution in [0, 0.1) is 41.4 Å². The number of nitrogens with zero attached hydrogens (tertiary/aromatic N) is 1. The number of hydrogen-bond donors (Lipinski definition) is 2. The van der Waals surface area contributed by atoms with Crippen LogP contribution in [0.4, 0.5) is 0 Å². The number of carbonyl (C=O) groups is 2. The van der Waals surface area contributed by atoms with E-state index < -0.39 is 6.04 Å². The average Bonchev–Trinajstić information content (AvgIpc) is 3.53. The van der Waals surface area contributed by atoms with Gasteiger partial charge in [0.05, 0.1) is 0 Å². The number of aromatic nitrogens is 1. The van der Waals surface area contributed by atoms with Gasteiger partial charge < -0.3 is 15.2 Å². The normalized spacial score (nSPS) is 30.7. The molecule has 6 rings (SSSR count). The number of carbonyl (C=O) groups excluding carboxylic acids is 2. The van der Waals surface area contributed by atoms with Crippen LogP contribution in [0.2, 0.25) is 0 Å². The van der Waals surface area contributed by atoms with Crippen LogP contribution in [0.15, 0.2) is 30.5 Å². The molecule has 4 fully saturated rings. The van der Waals surface area contributed by atoms with Crippen molar-refractivity contribution in [1.29, 1.82) is 0 Å². The number of aromatic amines is 1. The molecule has 0 aliphatic heterocycles. The van der Waals surface area contributed by atoms with Crippen LogP contribution >= 0.6 is 0 Å². The molecule has 0 radical (unpaired) electrons. The molecule has 1 heterocycles. The Bertz CT molecular complexity index is 1170. The quantitative estimate of drug-likeness (QED) is 0.250. The van der Waals surface area contributed by atoms with E-state index in [0.29, 0.717) is 18.3 Å². The maximum absolute atomic E-state index is 14.3. The summed E-state index contributed by atoms with van der Waals surface area (Å²) in [6.45, 7) is 6.01. The van der Waals surface area contributed by atoms with Gasteiger partial charge in [-0.05, 0) is 85.7 Å². The van der Waals surface area contributed by atoms with E-state index in [-0.39, 0.29) is 17.7 Å². The molecule has 41 heavy (non-hydrogen) atoms. The first-order chi connectivity index (χ1) is 20.1. The molecule has 4 aliphatic rings. The molecule has 5 nitrogen and oxygen atoms in total. The number of unbranched alkanes of at least 4 members (excludes halogenated alkanes) is 4. The van der Waals surface area contributed by atoms with E-state index in [1.54, 1.807) is 0 Å². The van der Waals surface area contributed by atoms with Crippen LogP contribution < -0.4 is 5.32 Å². The highest BCUT2D eigenvalue weighted by molar-refractivity contribution is 5.91. The molecule has 1 aromatic carbocycles. The number of para-hydroxylation sites is 1. The second-order valence-corrected chi connectivity index (χ2v) is 13.9. The third-order valence-corrected chi connectivity index (χ3v) is 11.7. The van der Waals surface area contributed by atoms with Crippen molar-refractivity contribution in [2.75, 3.05) is 13.1 Å². The summed E-state index contributed by atoms with van der Waals surface area (Å²) in [5.74, 6) is 4.76. The number of benzene rings is 1. The van der Waals surface area contributed by atoms with E-state index >= 15 is 0 Å². The van der Waals surface area contributed by atoms with Gasteiger partial charge in [-0.1, -0.05) is 77.0 Å². The number of fused-ring (bicyclic) bond motifs is 4. The third kappa shape index (κ3) is 5.59. The van der Waals surface area contributed by atoms with Crippen molar-refractivity contribution in [2.24, 2.45) is 41.4 Å². The second kappa shape index (κ2) is 12.9. The minimum atomic E-state index is -0.507. The van der Waals surface area contributed by atoms with Crippen LogP contribution in [-0.4, -0.2) is 40.8 Å². The summed E-state index contributed by atoms with van der Waals surface area (Å²) in [5.41, 5.74) is 2.21. The first kappa shape index (κ1) is 28.8. The lowest BCUT2D eigenvalue weighted by atomic mass is 9.50. The van der Waals surface area contributed by atoms with Gasteiger partial charge in [0.25, 0.3) is 0 Å². The molecule has 7 unspecified atom stereocenters. The van der Waals surface area contributed by atoms with Gasteiger partial charge in [0.15, 0.2) is 0 Å². The van der Waals surface area contributed by atoms with Crippen LogP contribution in [0.3, 0.4) is 0 Å². The highest BCUT2D eigenvalue weighted by Gasteiger charge is 2.66. The number of hydrogen-bond acceptors (Lipinski definition) is 2. The van der Waals surface area contributed by atoms with Crippen molar-refractivity contribution in [3.63, 3.8) is 0 Å². The van der Waals surface area contributed by atoms with Gasteiger partial charge >= 0.3 is 0 Å². The molecule has 2 N–H and O–H groups in total. The zero-order valence-corrected chi connectivity index (χ0v) is 25.6. The topological polar surface area (TPSA) is 65.2 Å². The molecule has 2 aromatic rings. The lowest BCUT2D eigenvalue weighted by molar-refractivity contribution is -0.150. The van der Waals surface area contributed by atoms with E-state index in [0.717, 1.165) is 91.8 Å². The van der Waals surface area contributed by atoms with Crippen LogP contribution in [0.1, 0.15) is 103 Å². The van der Waals surface area contributed by atoms with Crippen LogP contribution in [-0.2, 0) is 16.0 Å². The molecule has 0 saturated heterocycles. The predicted molar refractivity (Wildman–Crippen MR) is 166 cm³/mol. The lowest BCUT2D eigenvalue weighted by Gasteiger charge is -2.54. The molecule has 1 aromatic heterocycles. The van der Waals surface area contributed by atoms with Crippen molar-refractivity contribution in [1.82, 2.24) is 15.2 Å². The fourth-order valence-corrected chi connectivity index (χ4v) is 9.93. The lowest BCUT2D eigenvalue weighted by Crippen LogP contribution is -2.59. The van der Waals surface area contributed by atoms with Gasteiger partial charge in [-0.2, -0.15) is 0 Å². The molecule has 0 spiro atoms. The second-order valence-electron chi connectivity index (χ2n) is 13.9. The van der Waals surface area contributed by atoms with E-state index in [1.165, 1.54) is 44.9 Å². The van der Waals surface area contributed by atoms with Gasteiger partial charge in [0.2, 0.25) is 11.8 Å². The molecular weight excluding hydrogens is 506 g/mol. The Hall–Kier alpha value is -2.30. The number of amides is 2. The van der Waals surface area contributed by atoms with E-state index in [4.69, 9.17) is 0 Å². The molecule has 4 saturated carbocycles. The molecule has 0 bridgehead atoms. The van der Waals surface area contributed by atoms with Gasteiger partial charge in [0, 0.05) is 42.5 Å². The Morgan fingerprint density at radius 3 is 2.27 bits per heavy atom. The van der Waals surface area contributed by atoms with E-state index in [2.05, 4.69) is 47.2 Å².